The van der Waals surface area contributed by atoms with Crippen molar-refractivity contribution in [3.8, 4) is 11.8 Å². The van der Waals surface area contributed by atoms with Crippen molar-refractivity contribution in [1.82, 2.24) is 10.6 Å². The van der Waals surface area contributed by atoms with E-state index in [4.69, 9.17) is 10.00 Å². The molecule has 1 amide bonds. The lowest BCUT2D eigenvalue weighted by Crippen LogP contribution is -2.26. The molecule has 0 bridgehead atoms. The first-order valence-electron chi connectivity index (χ1n) is 7.30. The van der Waals surface area contributed by atoms with Crippen LogP contribution in [-0.4, -0.2) is 25.6 Å². The second kappa shape index (κ2) is 7.65. The predicted octanol–water partition coefficient (Wildman–Crippen LogP) is 1.72. The van der Waals surface area contributed by atoms with Crippen LogP contribution in [0.3, 0.4) is 0 Å². The Kier molecular flexibility index (Phi) is 5.59. The van der Waals surface area contributed by atoms with E-state index >= 15 is 0 Å². The van der Waals surface area contributed by atoms with Crippen LogP contribution in [0.2, 0.25) is 0 Å². The molecule has 1 aromatic rings. The molecule has 1 fully saturated rings. The maximum atomic E-state index is 11.5. The lowest BCUT2D eigenvalue weighted by atomic mass is 10.1. The second-order valence-corrected chi connectivity index (χ2v) is 5.27. The summed E-state index contributed by atoms with van der Waals surface area (Å²) >= 11 is 0. The molecule has 1 aliphatic carbocycles. The van der Waals surface area contributed by atoms with Gasteiger partial charge in [-0.25, -0.2) is 0 Å². The van der Waals surface area contributed by atoms with Crippen LogP contribution in [0.4, 0.5) is 0 Å². The van der Waals surface area contributed by atoms with Crippen LogP contribution in [-0.2, 0) is 11.3 Å². The zero-order chi connectivity index (χ0) is 15.1. The van der Waals surface area contributed by atoms with Gasteiger partial charge in [-0.1, -0.05) is 6.07 Å². The van der Waals surface area contributed by atoms with E-state index in [1.54, 1.807) is 13.2 Å². The fourth-order valence-electron chi connectivity index (χ4n) is 2.07. The first-order valence-corrected chi connectivity index (χ1v) is 7.30. The molecule has 0 atom stereocenters. The van der Waals surface area contributed by atoms with Gasteiger partial charge >= 0.3 is 0 Å². The van der Waals surface area contributed by atoms with Crippen molar-refractivity contribution in [3.05, 3.63) is 29.3 Å². The predicted molar refractivity (Wildman–Crippen MR) is 79.8 cm³/mol. The summed E-state index contributed by atoms with van der Waals surface area (Å²) in [6.45, 7) is 1.49. The van der Waals surface area contributed by atoms with E-state index in [-0.39, 0.29) is 5.91 Å². The summed E-state index contributed by atoms with van der Waals surface area (Å²) in [6, 6.07) is 8.07. The molecule has 2 N–H and O–H groups in total. The summed E-state index contributed by atoms with van der Waals surface area (Å²) in [7, 11) is 1.56. The molecule has 0 heterocycles. The smallest absolute Gasteiger partial charge is 0.220 e. The van der Waals surface area contributed by atoms with Crippen molar-refractivity contribution >= 4 is 5.91 Å². The Labute approximate surface area is 125 Å². The Balaban J connectivity index is 1.66. The summed E-state index contributed by atoms with van der Waals surface area (Å²) in [4.78, 5) is 11.5. The van der Waals surface area contributed by atoms with Gasteiger partial charge in [0.05, 0.1) is 12.7 Å². The summed E-state index contributed by atoms with van der Waals surface area (Å²) in [6.07, 6.45) is 3.65. The van der Waals surface area contributed by atoms with Crippen LogP contribution in [0.15, 0.2) is 18.2 Å². The highest BCUT2D eigenvalue weighted by Gasteiger charge is 2.22. The number of carbonyl (C=O) groups excluding carboxylic acids is 1. The third kappa shape index (κ3) is 5.09. The Morgan fingerprint density at radius 3 is 2.95 bits per heavy atom. The standard InChI is InChI=1S/C16H21N3O2/c1-21-15-9-12(4-5-13(15)10-17)11-18-8-2-3-16(20)19-14-6-7-14/h4-5,9,14,18H,2-3,6-8,11H2,1H3,(H,19,20). The molecule has 2 rings (SSSR count). The van der Waals surface area contributed by atoms with Crippen LogP contribution in [0.25, 0.3) is 0 Å². The van der Waals surface area contributed by atoms with E-state index in [2.05, 4.69) is 16.7 Å². The molecule has 0 unspecified atom stereocenters. The molecule has 0 aromatic heterocycles. The number of nitriles is 1. The summed E-state index contributed by atoms with van der Waals surface area (Å²) in [5.41, 5.74) is 1.60. The van der Waals surface area contributed by atoms with Crippen LogP contribution in [0.1, 0.15) is 36.8 Å². The number of methoxy groups -OCH3 is 1. The Bertz CT molecular complexity index is 533. The van der Waals surface area contributed by atoms with E-state index < -0.39 is 0 Å². The highest BCUT2D eigenvalue weighted by atomic mass is 16.5. The number of ether oxygens (including phenoxy) is 1. The van der Waals surface area contributed by atoms with E-state index in [9.17, 15) is 4.79 Å². The number of rotatable bonds is 8. The van der Waals surface area contributed by atoms with Gasteiger partial charge in [-0.05, 0) is 43.5 Å². The highest BCUT2D eigenvalue weighted by Crippen LogP contribution is 2.19. The van der Waals surface area contributed by atoms with Gasteiger partial charge in [0.2, 0.25) is 5.91 Å². The lowest BCUT2D eigenvalue weighted by molar-refractivity contribution is -0.121. The van der Waals surface area contributed by atoms with Gasteiger partial charge in [0.15, 0.2) is 0 Å². The van der Waals surface area contributed by atoms with Crippen molar-refractivity contribution in [2.75, 3.05) is 13.7 Å². The van der Waals surface area contributed by atoms with Gasteiger partial charge in [0.25, 0.3) is 0 Å². The third-order valence-corrected chi connectivity index (χ3v) is 3.42. The van der Waals surface area contributed by atoms with Gasteiger partial charge in [-0.2, -0.15) is 5.26 Å². The minimum absolute atomic E-state index is 0.152. The zero-order valence-corrected chi connectivity index (χ0v) is 12.3. The average molecular weight is 287 g/mol. The molecule has 21 heavy (non-hydrogen) atoms. The monoisotopic (exact) mass is 287 g/mol. The fraction of sp³-hybridized carbons (Fsp3) is 0.500. The maximum absolute atomic E-state index is 11.5. The quantitative estimate of drug-likeness (QED) is 0.714. The normalized spacial score (nSPS) is 13.5. The minimum Gasteiger partial charge on any atom is -0.495 e. The van der Waals surface area contributed by atoms with Gasteiger partial charge in [-0.3, -0.25) is 4.79 Å². The molecule has 0 aliphatic heterocycles. The maximum Gasteiger partial charge on any atom is 0.220 e. The van der Waals surface area contributed by atoms with Crippen LogP contribution < -0.4 is 15.4 Å². The Morgan fingerprint density at radius 2 is 2.29 bits per heavy atom. The van der Waals surface area contributed by atoms with Gasteiger partial charge in [0.1, 0.15) is 11.8 Å². The Hall–Kier alpha value is -2.06. The first kappa shape index (κ1) is 15.3. The van der Waals surface area contributed by atoms with Gasteiger partial charge in [0, 0.05) is 19.0 Å². The molecule has 1 aromatic carbocycles. The molecule has 112 valence electrons. The molecular formula is C16H21N3O2. The molecule has 1 saturated carbocycles. The van der Waals surface area contributed by atoms with Crippen molar-refractivity contribution in [1.29, 1.82) is 5.26 Å². The third-order valence-electron chi connectivity index (χ3n) is 3.42. The highest BCUT2D eigenvalue weighted by molar-refractivity contribution is 5.76. The summed E-state index contributed by atoms with van der Waals surface area (Å²) < 4.78 is 5.18. The molecule has 0 saturated heterocycles. The van der Waals surface area contributed by atoms with Gasteiger partial charge in [-0.15, -0.1) is 0 Å². The van der Waals surface area contributed by atoms with E-state index in [0.29, 0.717) is 30.3 Å². The topological polar surface area (TPSA) is 74.2 Å². The molecule has 5 heteroatoms. The van der Waals surface area contributed by atoms with Crippen molar-refractivity contribution < 1.29 is 9.53 Å². The first-order chi connectivity index (χ1) is 10.2. The summed E-state index contributed by atoms with van der Waals surface area (Å²) in [5, 5.41) is 15.2. The van der Waals surface area contributed by atoms with E-state index in [1.807, 2.05) is 12.1 Å². The van der Waals surface area contributed by atoms with Crippen LogP contribution in [0, 0.1) is 11.3 Å². The van der Waals surface area contributed by atoms with Crippen molar-refractivity contribution in [2.45, 2.75) is 38.3 Å². The van der Waals surface area contributed by atoms with Crippen LogP contribution in [0.5, 0.6) is 5.75 Å². The second-order valence-electron chi connectivity index (χ2n) is 5.27. The zero-order valence-electron chi connectivity index (χ0n) is 12.3. The SMILES string of the molecule is COc1cc(CNCCCC(=O)NC2CC2)ccc1C#N. The fourth-order valence-corrected chi connectivity index (χ4v) is 2.07. The number of hydrogen-bond acceptors (Lipinski definition) is 4. The Morgan fingerprint density at radius 1 is 1.48 bits per heavy atom. The number of carbonyl (C=O) groups is 1. The van der Waals surface area contributed by atoms with Crippen LogP contribution >= 0.6 is 0 Å². The molecule has 0 spiro atoms. The number of nitrogens with zero attached hydrogens (tertiary/aromatic N) is 1. The number of amides is 1. The lowest BCUT2D eigenvalue weighted by Gasteiger charge is -2.08. The van der Waals surface area contributed by atoms with E-state index in [0.717, 1.165) is 31.4 Å². The molecule has 0 radical (unpaired) electrons. The molecule has 5 nitrogen and oxygen atoms in total. The van der Waals surface area contributed by atoms with Crippen molar-refractivity contribution in [3.63, 3.8) is 0 Å². The minimum atomic E-state index is 0.152. The average Bonchev–Trinajstić information content (AvgIpc) is 3.30. The largest absolute Gasteiger partial charge is 0.495 e. The molecule has 1 aliphatic rings. The number of benzene rings is 1. The van der Waals surface area contributed by atoms with E-state index in [1.165, 1.54) is 0 Å². The summed E-state index contributed by atoms with van der Waals surface area (Å²) in [5.74, 6) is 0.750. The van der Waals surface area contributed by atoms with Gasteiger partial charge < -0.3 is 15.4 Å². The number of hydrogen-bond donors (Lipinski definition) is 2. The van der Waals surface area contributed by atoms with Crippen molar-refractivity contribution in [2.24, 2.45) is 0 Å². The molecular weight excluding hydrogens is 266 g/mol. The number of nitrogens with one attached hydrogen (secondary N) is 2.